The maximum Gasteiger partial charge on any atom is 0.240 e. The zero-order chi connectivity index (χ0) is 13.7. The monoisotopic (exact) mass is 343 g/mol. The molecule has 0 aliphatic carbocycles. The van der Waals surface area contributed by atoms with Gasteiger partial charge >= 0.3 is 0 Å². The predicted octanol–water partition coefficient (Wildman–Crippen LogP) is 1.76. The van der Waals surface area contributed by atoms with E-state index in [0.29, 0.717) is 18.4 Å². The number of benzene rings is 1. The fraction of sp³-hybridized carbons (Fsp3) is 0.250. The molecule has 0 atom stereocenters. The van der Waals surface area contributed by atoms with Gasteiger partial charge in [0.2, 0.25) is 10.0 Å². The zero-order valence-electron chi connectivity index (χ0n) is 10.2. The molecule has 0 radical (unpaired) electrons. The van der Waals surface area contributed by atoms with Crippen LogP contribution in [0.5, 0.6) is 0 Å². The van der Waals surface area contributed by atoms with E-state index in [1.165, 1.54) is 0 Å². The molecule has 2 aromatic rings. The number of alkyl halides is 1. The predicted molar refractivity (Wildman–Crippen MR) is 76.5 cm³/mol. The molecule has 2 rings (SSSR count). The van der Waals surface area contributed by atoms with Crippen molar-refractivity contribution in [3.63, 3.8) is 0 Å². The number of imidazole rings is 1. The summed E-state index contributed by atoms with van der Waals surface area (Å²) < 4.78 is 28.4. The molecule has 1 aromatic heterocycles. The van der Waals surface area contributed by atoms with Crippen molar-refractivity contribution in [2.45, 2.75) is 16.8 Å². The van der Waals surface area contributed by atoms with Gasteiger partial charge in [0.15, 0.2) is 0 Å². The van der Waals surface area contributed by atoms with Crippen LogP contribution in [-0.2, 0) is 21.9 Å². The third-order valence-electron chi connectivity index (χ3n) is 2.61. The van der Waals surface area contributed by atoms with Crippen LogP contribution in [0, 0.1) is 0 Å². The summed E-state index contributed by atoms with van der Waals surface area (Å²) in [6.45, 7) is 0.887. The summed E-state index contributed by atoms with van der Waals surface area (Å²) in [5.74, 6) is 0. The first-order valence-corrected chi connectivity index (χ1v) is 8.32. The number of sulfonamides is 1. The van der Waals surface area contributed by atoms with Gasteiger partial charge in [0.05, 0.1) is 11.2 Å². The highest BCUT2D eigenvalue weighted by Crippen LogP contribution is 2.12. The number of nitrogens with one attached hydrogen (secondary N) is 1. The molecule has 1 N–H and O–H groups in total. The molecule has 0 spiro atoms. The van der Waals surface area contributed by atoms with Crippen molar-refractivity contribution in [3.05, 3.63) is 48.5 Å². The van der Waals surface area contributed by atoms with Crippen LogP contribution in [-0.4, -0.2) is 24.5 Å². The Balaban J connectivity index is 1.97. The number of aromatic nitrogens is 2. The topological polar surface area (TPSA) is 64.0 Å². The van der Waals surface area contributed by atoms with Crippen LogP contribution in [0.4, 0.5) is 0 Å². The number of hydrogen-bond donors (Lipinski definition) is 1. The average molecular weight is 344 g/mol. The molecule has 0 saturated carbocycles. The van der Waals surface area contributed by atoms with Crippen LogP contribution in [0.3, 0.4) is 0 Å². The first kappa shape index (κ1) is 14.2. The van der Waals surface area contributed by atoms with Crippen LogP contribution < -0.4 is 4.72 Å². The van der Waals surface area contributed by atoms with E-state index in [0.717, 1.165) is 5.56 Å². The minimum atomic E-state index is -3.44. The highest BCUT2D eigenvalue weighted by Gasteiger charge is 2.12. The summed E-state index contributed by atoms with van der Waals surface area (Å²) in [4.78, 5) is 4.18. The van der Waals surface area contributed by atoms with Crippen LogP contribution in [0.25, 0.3) is 0 Å². The standard InChI is InChI=1S/C12H14BrN3O2S/c13-9-11-1-3-12(4-2-11)19(17,18)15-6-8-16-7-5-14-10-16/h1-5,7,10,15H,6,8-9H2. The van der Waals surface area contributed by atoms with Crippen molar-refractivity contribution in [1.82, 2.24) is 14.3 Å². The molecule has 5 nitrogen and oxygen atoms in total. The number of rotatable bonds is 6. The van der Waals surface area contributed by atoms with Gasteiger partial charge in [0, 0.05) is 30.8 Å². The fourth-order valence-electron chi connectivity index (χ4n) is 1.57. The molecule has 19 heavy (non-hydrogen) atoms. The average Bonchev–Trinajstić information content (AvgIpc) is 2.92. The Labute approximate surface area is 120 Å². The van der Waals surface area contributed by atoms with Gasteiger partial charge in [0.1, 0.15) is 0 Å². The van der Waals surface area contributed by atoms with Crippen molar-refractivity contribution >= 4 is 26.0 Å². The SMILES string of the molecule is O=S(=O)(NCCn1ccnc1)c1ccc(CBr)cc1. The van der Waals surface area contributed by atoms with E-state index in [1.807, 2.05) is 4.57 Å². The van der Waals surface area contributed by atoms with E-state index in [4.69, 9.17) is 0 Å². The van der Waals surface area contributed by atoms with E-state index in [1.54, 1.807) is 43.0 Å². The highest BCUT2D eigenvalue weighted by atomic mass is 79.9. The van der Waals surface area contributed by atoms with Gasteiger partial charge in [-0.25, -0.2) is 18.1 Å². The Kier molecular flexibility index (Phi) is 4.73. The number of nitrogens with zero attached hydrogens (tertiary/aromatic N) is 2. The number of hydrogen-bond acceptors (Lipinski definition) is 3. The van der Waals surface area contributed by atoms with Crippen LogP contribution >= 0.6 is 15.9 Å². The molecule has 0 bridgehead atoms. The Bertz CT molecular complexity index is 609. The van der Waals surface area contributed by atoms with E-state index < -0.39 is 10.0 Å². The quantitative estimate of drug-likeness (QED) is 0.812. The van der Waals surface area contributed by atoms with Gasteiger partial charge in [-0.15, -0.1) is 0 Å². The van der Waals surface area contributed by atoms with Gasteiger partial charge in [-0.2, -0.15) is 0 Å². The van der Waals surface area contributed by atoms with Crippen LogP contribution in [0.15, 0.2) is 47.9 Å². The maximum absolute atomic E-state index is 12.0. The lowest BCUT2D eigenvalue weighted by Crippen LogP contribution is -2.27. The minimum absolute atomic E-state index is 0.280. The van der Waals surface area contributed by atoms with Gasteiger partial charge in [-0.3, -0.25) is 0 Å². The van der Waals surface area contributed by atoms with Crippen LogP contribution in [0.2, 0.25) is 0 Å². The van der Waals surface area contributed by atoms with Gasteiger partial charge < -0.3 is 4.57 Å². The molecular weight excluding hydrogens is 330 g/mol. The summed E-state index contributed by atoms with van der Waals surface area (Å²) in [6, 6.07) is 6.80. The van der Waals surface area contributed by atoms with E-state index >= 15 is 0 Å². The summed E-state index contributed by atoms with van der Waals surface area (Å²) >= 11 is 3.32. The minimum Gasteiger partial charge on any atom is -0.336 e. The number of halogens is 1. The fourth-order valence-corrected chi connectivity index (χ4v) is 2.96. The summed E-state index contributed by atoms with van der Waals surface area (Å²) in [6.07, 6.45) is 5.10. The van der Waals surface area contributed by atoms with Gasteiger partial charge in [-0.1, -0.05) is 28.1 Å². The molecule has 0 amide bonds. The molecule has 1 heterocycles. The third-order valence-corrected chi connectivity index (χ3v) is 4.73. The maximum atomic E-state index is 12.0. The van der Waals surface area contributed by atoms with Crippen molar-refractivity contribution in [1.29, 1.82) is 0 Å². The molecule has 0 fully saturated rings. The summed E-state index contributed by atoms with van der Waals surface area (Å²) in [5, 5.41) is 0.710. The first-order valence-electron chi connectivity index (χ1n) is 5.72. The molecular formula is C12H14BrN3O2S. The van der Waals surface area contributed by atoms with Crippen molar-refractivity contribution in [2.75, 3.05) is 6.54 Å². The molecule has 0 unspecified atom stereocenters. The second kappa shape index (κ2) is 6.31. The zero-order valence-corrected chi connectivity index (χ0v) is 12.6. The smallest absolute Gasteiger partial charge is 0.240 e. The van der Waals surface area contributed by atoms with Crippen molar-refractivity contribution in [2.24, 2.45) is 0 Å². The Morgan fingerprint density at radius 1 is 1.26 bits per heavy atom. The van der Waals surface area contributed by atoms with Crippen molar-refractivity contribution in [3.8, 4) is 0 Å². The van der Waals surface area contributed by atoms with Gasteiger partial charge in [0.25, 0.3) is 0 Å². The van der Waals surface area contributed by atoms with Crippen molar-refractivity contribution < 1.29 is 8.42 Å². The first-order chi connectivity index (χ1) is 9.12. The lowest BCUT2D eigenvalue weighted by atomic mass is 10.2. The molecule has 102 valence electrons. The largest absolute Gasteiger partial charge is 0.336 e. The highest BCUT2D eigenvalue weighted by molar-refractivity contribution is 9.08. The third kappa shape index (κ3) is 3.89. The summed E-state index contributed by atoms with van der Waals surface area (Å²) in [7, 11) is -3.44. The van der Waals surface area contributed by atoms with Gasteiger partial charge in [-0.05, 0) is 17.7 Å². The molecule has 0 saturated heterocycles. The second-order valence-electron chi connectivity index (χ2n) is 3.98. The van der Waals surface area contributed by atoms with E-state index in [-0.39, 0.29) is 4.90 Å². The van der Waals surface area contributed by atoms with E-state index in [9.17, 15) is 8.42 Å². The Morgan fingerprint density at radius 2 is 2.00 bits per heavy atom. The Hall–Kier alpha value is -1.18. The Morgan fingerprint density at radius 3 is 2.58 bits per heavy atom. The molecule has 1 aromatic carbocycles. The summed E-state index contributed by atoms with van der Waals surface area (Å²) in [5.41, 5.74) is 1.04. The molecule has 7 heteroatoms. The van der Waals surface area contributed by atoms with Crippen LogP contribution in [0.1, 0.15) is 5.56 Å². The lowest BCUT2D eigenvalue weighted by Gasteiger charge is -2.07. The van der Waals surface area contributed by atoms with E-state index in [2.05, 4.69) is 25.6 Å². The molecule has 0 aliphatic heterocycles. The molecule has 0 aliphatic rings. The lowest BCUT2D eigenvalue weighted by molar-refractivity contribution is 0.573. The second-order valence-corrected chi connectivity index (χ2v) is 6.30. The normalized spacial score (nSPS) is 11.6.